The number of phosphoric ester groups is 1. The molecule has 71 heavy (non-hydrogen) atoms. The van der Waals surface area contributed by atoms with Crippen LogP contribution in [0.2, 0.25) is 0 Å². The number of carbonyl (C=O) groups is 2. The smallest absolute Gasteiger partial charge is 0.462 e. The molecule has 0 radical (unpaired) electrons. The van der Waals surface area contributed by atoms with Gasteiger partial charge in [0.1, 0.15) is 6.61 Å². The van der Waals surface area contributed by atoms with Gasteiger partial charge < -0.3 is 20.1 Å². The normalized spacial score (nSPS) is 13.6. The van der Waals surface area contributed by atoms with Crippen molar-refractivity contribution in [3.8, 4) is 0 Å². The zero-order valence-electron chi connectivity index (χ0n) is 45.9. The van der Waals surface area contributed by atoms with Crippen LogP contribution in [0.3, 0.4) is 0 Å². The van der Waals surface area contributed by atoms with Crippen LogP contribution in [0.25, 0.3) is 0 Å². The third-order valence-corrected chi connectivity index (χ3v) is 13.6. The minimum absolute atomic E-state index is 0.0488. The summed E-state index contributed by atoms with van der Waals surface area (Å²) in [6.07, 6.45) is 72.5. The van der Waals surface area contributed by atoms with Crippen LogP contribution in [0.4, 0.5) is 0 Å². The Balaban J connectivity index is 3.91. The number of phosphoric acid groups is 1. The lowest BCUT2D eigenvalue weighted by Crippen LogP contribution is -2.29. The molecule has 0 saturated heterocycles. The van der Waals surface area contributed by atoms with Gasteiger partial charge >= 0.3 is 19.8 Å². The average Bonchev–Trinajstić information content (AvgIpc) is 3.36. The summed E-state index contributed by atoms with van der Waals surface area (Å²) in [5, 5.41) is 0. The maximum absolute atomic E-state index is 12.7. The van der Waals surface area contributed by atoms with E-state index in [-0.39, 0.29) is 38.6 Å². The molecule has 0 amide bonds. The van der Waals surface area contributed by atoms with Crippen molar-refractivity contribution in [3.05, 3.63) is 72.9 Å². The topological polar surface area (TPSA) is 134 Å². The fraction of sp³-hybridized carbons (Fsp3) is 0.770. The Labute approximate surface area is 437 Å². The molecule has 3 N–H and O–H groups in total. The summed E-state index contributed by atoms with van der Waals surface area (Å²) in [6.45, 7) is 3.62. The molecular weight excluding hydrogens is 906 g/mol. The van der Waals surface area contributed by atoms with Gasteiger partial charge in [0.15, 0.2) is 6.10 Å². The van der Waals surface area contributed by atoms with Crippen molar-refractivity contribution in [2.24, 2.45) is 5.73 Å². The molecule has 412 valence electrons. The monoisotopic (exact) mass is 1020 g/mol. The molecule has 0 saturated carbocycles. The van der Waals surface area contributed by atoms with E-state index in [4.69, 9.17) is 24.3 Å². The van der Waals surface area contributed by atoms with E-state index in [1.807, 2.05) is 0 Å². The lowest BCUT2D eigenvalue weighted by atomic mass is 10.0. The lowest BCUT2D eigenvalue weighted by Gasteiger charge is -2.19. The molecule has 0 aliphatic carbocycles. The predicted octanol–water partition coefficient (Wildman–Crippen LogP) is 18.5. The summed E-state index contributed by atoms with van der Waals surface area (Å²) in [7, 11) is -4.39. The zero-order chi connectivity index (χ0) is 51.7. The van der Waals surface area contributed by atoms with E-state index >= 15 is 0 Å². The van der Waals surface area contributed by atoms with Crippen molar-refractivity contribution < 1.29 is 37.6 Å². The summed E-state index contributed by atoms with van der Waals surface area (Å²) >= 11 is 0. The minimum atomic E-state index is -4.39. The van der Waals surface area contributed by atoms with Crippen molar-refractivity contribution in [2.45, 2.75) is 277 Å². The molecule has 2 atom stereocenters. The Bertz CT molecular complexity index is 1390. The van der Waals surface area contributed by atoms with Gasteiger partial charge in [0.2, 0.25) is 0 Å². The molecule has 0 aromatic carbocycles. The van der Waals surface area contributed by atoms with Crippen LogP contribution in [-0.4, -0.2) is 49.3 Å². The first kappa shape index (κ1) is 68.5. The molecule has 0 aromatic rings. The molecule has 0 fully saturated rings. The Morgan fingerprint density at radius 3 is 1.15 bits per heavy atom. The van der Waals surface area contributed by atoms with Gasteiger partial charge in [0, 0.05) is 19.4 Å². The van der Waals surface area contributed by atoms with Gasteiger partial charge in [0.25, 0.3) is 0 Å². The number of allylic oxidation sites excluding steroid dienone is 12. The van der Waals surface area contributed by atoms with Gasteiger partial charge in [0.05, 0.1) is 13.2 Å². The Hall–Kier alpha value is -2.55. The third-order valence-electron chi connectivity index (χ3n) is 12.6. The number of rotatable bonds is 55. The SMILES string of the molecule is CC/C=C\C/C=C\C/C=C\C/C=C\CCCCCCCCC(=O)OC(COC(=O)CCCCCCCCCCCCCCCCCCCCC/C=C\C/C=C\CCCCCCC)COP(=O)(O)OCCN. The molecule has 10 heteroatoms. The summed E-state index contributed by atoms with van der Waals surface area (Å²) in [5.41, 5.74) is 5.38. The molecule has 0 bridgehead atoms. The van der Waals surface area contributed by atoms with Gasteiger partial charge in [-0.25, -0.2) is 4.57 Å². The summed E-state index contributed by atoms with van der Waals surface area (Å²) in [4.78, 5) is 35.2. The highest BCUT2D eigenvalue weighted by molar-refractivity contribution is 7.47. The molecule has 0 spiro atoms. The summed E-state index contributed by atoms with van der Waals surface area (Å²) < 4.78 is 33.0. The Kier molecular flexibility index (Phi) is 54.7. The minimum Gasteiger partial charge on any atom is -0.462 e. The second kappa shape index (κ2) is 56.7. The van der Waals surface area contributed by atoms with Gasteiger partial charge in [-0.2, -0.15) is 0 Å². The van der Waals surface area contributed by atoms with E-state index in [0.717, 1.165) is 89.9 Å². The van der Waals surface area contributed by atoms with Gasteiger partial charge in [-0.05, 0) is 83.5 Å². The van der Waals surface area contributed by atoms with E-state index < -0.39 is 26.5 Å². The lowest BCUT2D eigenvalue weighted by molar-refractivity contribution is -0.161. The second-order valence-electron chi connectivity index (χ2n) is 19.5. The Morgan fingerprint density at radius 1 is 0.437 bits per heavy atom. The number of ether oxygens (including phenoxy) is 2. The highest BCUT2D eigenvalue weighted by Gasteiger charge is 2.26. The zero-order valence-corrected chi connectivity index (χ0v) is 46.8. The van der Waals surface area contributed by atoms with Crippen LogP contribution in [0.5, 0.6) is 0 Å². The molecule has 0 heterocycles. The summed E-state index contributed by atoms with van der Waals surface area (Å²) in [6, 6.07) is 0. The van der Waals surface area contributed by atoms with Crippen LogP contribution in [0.1, 0.15) is 271 Å². The fourth-order valence-corrected chi connectivity index (χ4v) is 9.01. The van der Waals surface area contributed by atoms with Crippen LogP contribution in [-0.2, 0) is 32.7 Å². The molecule has 0 aliphatic rings. The molecule has 9 nitrogen and oxygen atoms in total. The number of esters is 2. The second-order valence-corrected chi connectivity index (χ2v) is 20.9. The quantitative estimate of drug-likeness (QED) is 0.0264. The predicted molar refractivity (Wildman–Crippen MR) is 302 cm³/mol. The summed E-state index contributed by atoms with van der Waals surface area (Å²) in [5.74, 6) is -0.838. The number of nitrogens with two attached hydrogens (primary N) is 1. The standard InChI is InChI=1S/C61H110NO8P/c1-3-5-7-9-11-13-15-17-19-21-23-24-25-26-27-28-29-30-31-32-33-34-36-37-39-41-43-45-47-49-51-53-60(63)67-57-59(58-69-71(65,66)68-56-55-62)70-61(64)54-52-50-48-46-44-42-40-38-35-22-20-18-16-14-12-10-8-6-4-2/h6,8,12,14-15,17-18,20-21,23,35,38,59H,3-5,7,9-11,13,16,19,22,24-34,36-37,39-58,62H2,1-2H3,(H,65,66)/b8-6-,14-12-,17-15-,20-18-,23-21-,38-35-. The van der Waals surface area contributed by atoms with Crippen LogP contribution >= 0.6 is 7.82 Å². The van der Waals surface area contributed by atoms with Crippen molar-refractivity contribution in [1.29, 1.82) is 0 Å². The van der Waals surface area contributed by atoms with Gasteiger partial charge in [-0.1, -0.05) is 247 Å². The van der Waals surface area contributed by atoms with Crippen LogP contribution < -0.4 is 5.73 Å². The largest absolute Gasteiger partial charge is 0.472 e. The fourth-order valence-electron chi connectivity index (χ4n) is 8.25. The van der Waals surface area contributed by atoms with Crippen LogP contribution in [0.15, 0.2) is 72.9 Å². The van der Waals surface area contributed by atoms with E-state index in [1.165, 1.54) is 148 Å². The first-order valence-electron chi connectivity index (χ1n) is 29.4. The maximum atomic E-state index is 12.7. The number of hydrogen-bond acceptors (Lipinski definition) is 8. The molecule has 0 aromatic heterocycles. The Morgan fingerprint density at radius 2 is 0.775 bits per heavy atom. The first-order chi connectivity index (χ1) is 34.8. The average molecular weight is 1020 g/mol. The van der Waals surface area contributed by atoms with E-state index in [9.17, 15) is 19.0 Å². The molecule has 0 rings (SSSR count). The number of unbranched alkanes of at least 4 members (excludes halogenated alkanes) is 30. The first-order valence-corrected chi connectivity index (χ1v) is 30.9. The van der Waals surface area contributed by atoms with Crippen molar-refractivity contribution >= 4 is 19.8 Å². The van der Waals surface area contributed by atoms with E-state index in [2.05, 4.69) is 86.8 Å². The molecular formula is C61H110NO8P. The number of carbonyl (C=O) groups excluding carboxylic acids is 2. The molecule has 0 aliphatic heterocycles. The van der Waals surface area contributed by atoms with E-state index in [1.54, 1.807) is 0 Å². The molecule has 2 unspecified atom stereocenters. The number of hydrogen-bond donors (Lipinski definition) is 2. The van der Waals surface area contributed by atoms with Crippen molar-refractivity contribution in [3.63, 3.8) is 0 Å². The highest BCUT2D eigenvalue weighted by Crippen LogP contribution is 2.43. The third kappa shape index (κ3) is 56.6. The van der Waals surface area contributed by atoms with E-state index in [0.29, 0.717) is 6.42 Å². The van der Waals surface area contributed by atoms with Crippen molar-refractivity contribution in [1.82, 2.24) is 0 Å². The highest BCUT2D eigenvalue weighted by atomic mass is 31.2. The van der Waals surface area contributed by atoms with Gasteiger partial charge in [-0.3, -0.25) is 18.6 Å². The van der Waals surface area contributed by atoms with Crippen LogP contribution in [0, 0.1) is 0 Å². The maximum Gasteiger partial charge on any atom is 0.472 e. The van der Waals surface area contributed by atoms with Crippen molar-refractivity contribution in [2.75, 3.05) is 26.4 Å². The van der Waals surface area contributed by atoms with Gasteiger partial charge in [-0.15, -0.1) is 0 Å².